The van der Waals surface area contributed by atoms with E-state index in [9.17, 15) is 0 Å². The van der Waals surface area contributed by atoms with Crippen LogP contribution in [0.3, 0.4) is 0 Å². The highest BCUT2D eigenvalue weighted by Gasteiger charge is 2.16. The predicted octanol–water partition coefficient (Wildman–Crippen LogP) is 2.08. The van der Waals surface area contributed by atoms with Crippen molar-refractivity contribution in [1.82, 2.24) is 10.1 Å². The van der Waals surface area contributed by atoms with Crippen LogP contribution in [0.4, 0.5) is 0 Å². The minimum atomic E-state index is -0.282. The van der Waals surface area contributed by atoms with Gasteiger partial charge in [-0.2, -0.15) is 4.98 Å². The lowest BCUT2D eigenvalue weighted by atomic mass is 10.1. The fraction of sp³-hybridized carbons (Fsp3) is 0.385. The first-order valence-corrected chi connectivity index (χ1v) is 5.86. The minimum Gasteiger partial charge on any atom is -0.385 e. The van der Waals surface area contributed by atoms with Gasteiger partial charge in [-0.3, -0.25) is 0 Å². The number of hydrogen-bond donors (Lipinski definition) is 1. The Kier molecular flexibility index (Phi) is 4.07. The highest BCUT2D eigenvalue weighted by molar-refractivity contribution is 5.58. The molecule has 2 aromatic rings. The number of benzene rings is 1. The summed E-state index contributed by atoms with van der Waals surface area (Å²) in [6, 6.07) is 7.61. The summed E-state index contributed by atoms with van der Waals surface area (Å²) in [4.78, 5) is 4.34. The summed E-state index contributed by atoms with van der Waals surface area (Å²) in [6.45, 7) is 2.58. The minimum absolute atomic E-state index is 0.282. The first-order valence-electron chi connectivity index (χ1n) is 5.86. The average molecular weight is 247 g/mol. The van der Waals surface area contributed by atoms with Crippen molar-refractivity contribution in [3.05, 3.63) is 35.7 Å². The number of rotatable bonds is 5. The molecule has 2 N–H and O–H groups in total. The van der Waals surface area contributed by atoms with Crippen molar-refractivity contribution < 1.29 is 9.26 Å². The molecule has 1 aromatic carbocycles. The van der Waals surface area contributed by atoms with Crippen molar-refractivity contribution in [1.29, 1.82) is 0 Å². The monoisotopic (exact) mass is 247 g/mol. The Morgan fingerprint density at radius 1 is 1.39 bits per heavy atom. The molecule has 2 rings (SSSR count). The zero-order valence-electron chi connectivity index (χ0n) is 10.6. The van der Waals surface area contributed by atoms with E-state index < -0.39 is 0 Å². The topological polar surface area (TPSA) is 74.2 Å². The van der Waals surface area contributed by atoms with Crippen LogP contribution in [-0.2, 0) is 4.74 Å². The van der Waals surface area contributed by atoms with Crippen molar-refractivity contribution in [3.63, 3.8) is 0 Å². The summed E-state index contributed by atoms with van der Waals surface area (Å²) >= 11 is 0. The van der Waals surface area contributed by atoms with Gasteiger partial charge < -0.3 is 15.0 Å². The molecule has 5 heteroatoms. The summed E-state index contributed by atoms with van der Waals surface area (Å²) in [5, 5.41) is 3.97. The van der Waals surface area contributed by atoms with Crippen molar-refractivity contribution in [2.45, 2.75) is 19.4 Å². The molecule has 0 aliphatic heterocycles. The highest BCUT2D eigenvalue weighted by atomic mass is 16.5. The zero-order valence-corrected chi connectivity index (χ0v) is 10.6. The van der Waals surface area contributed by atoms with Gasteiger partial charge in [0.25, 0.3) is 0 Å². The molecule has 96 valence electrons. The Morgan fingerprint density at radius 3 is 2.89 bits per heavy atom. The molecule has 0 fully saturated rings. The van der Waals surface area contributed by atoms with Gasteiger partial charge in [-0.1, -0.05) is 29.4 Å². The second kappa shape index (κ2) is 5.75. The SMILES string of the molecule is COCCC(N)c1nc(-c2ccccc2C)no1. The van der Waals surface area contributed by atoms with E-state index >= 15 is 0 Å². The largest absolute Gasteiger partial charge is 0.385 e. The zero-order chi connectivity index (χ0) is 13.0. The van der Waals surface area contributed by atoms with E-state index in [1.807, 2.05) is 31.2 Å². The summed E-state index contributed by atoms with van der Waals surface area (Å²) in [7, 11) is 1.64. The second-order valence-corrected chi connectivity index (χ2v) is 4.16. The van der Waals surface area contributed by atoms with Gasteiger partial charge in [0.2, 0.25) is 11.7 Å². The van der Waals surface area contributed by atoms with Crippen molar-refractivity contribution in [2.75, 3.05) is 13.7 Å². The first-order chi connectivity index (χ1) is 8.72. The van der Waals surface area contributed by atoms with Crippen molar-refractivity contribution in [3.8, 4) is 11.4 Å². The molecule has 0 spiro atoms. The smallest absolute Gasteiger partial charge is 0.243 e. The lowest BCUT2D eigenvalue weighted by Gasteiger charge is -2.04. The Balaban J connectivity index is 2.18. The van der Waals surface area contributed by atoms with Gasteiger partial charge in [-0.15, -0.1) is 0 Å². The van der Waals surface area contributed by atoms with E-state index in [2.05, 4.69) is 10.1 Å². The molecule has 18 heavy (non-hydrogen) atoms. The average Bonchev–Trinajstić information content (AvgIpc) is 2.86. The van der Waals surface area contributed by atoms with E-state index in [1.54, 1.807) is 7.11 Å². The molecule has 1 aromatic heterocycles. The second-order valence-electron chi connectivity index (χ2n) is 4.16. The Hall–Kier alpha value is -1.72. The molecular weight excluding hydrogens is 230 g/mol. The number of hydrogen-bond acceptors (Lipinski definition) is 5. The van der Waals surface area contributed by atoms with Crippen LogP contribution in [0, 0.1) is 6.92 Å². The fourth-order valence-corrected chi connectivity index (χ4v) is 1.69. The maximum atomic E-state index is 5.93. The Bertz CT molecular complexity index is 510. The molecule has 0 saturated carbocycles. The van der Waals surface area contributed by atoms with E-state index in [0.29, 0.717) is 24.7 Å². The molecule has 1 unspecified atom stereocenters. The Labute approximate surface area is 106 Å². The molecule has 0 radical (unpaired) electrons. The van der Waals surface area contributed by atoms with Crippen molar-refractivity contribution >= 4 is 0 Å². The Morgan fingerprint density at radius 2 is 2.17 bits per heavy atom. The van der Waals surface area contributed by atoms with Crippen LogP contribution >= 0.6 is 0 Å². The summed E-state index contributed by atoms with van der Waals surface area (Å²) < 4.78 is 10.2. The predicted molar refractivity (Wildman–Crippen MR) is 67.9 cm³/mol. The number of nitrogens with two attached hydrogens (primary N) is 1. The number of aromatic nitrogens is 2. The van der Waals surface area contributed by atoms with Crippen LogP contribution < -0.4 is 5.73 Å². The first kappa shape index (κ1) is 12.7. The molecule has 5 nitrogen and oxygen atoms in total. The molecule has 0 aliphatic rings. The lowest BCUT2D eigenvalue weighted by molar-refractivity contribution is 0.182. The molecule has 0 bridgehead atoms. The lowest BCUT2D eigenvalue weighted by Crippen LogP contribution is -2.13. The van der Waals surface area contributed by atoms with Crippen LogP contribution in [0.5, 0.6) is 0 Å². The van der Waals surface area contributed by atoms with Gasteiger partial charge in [0, 0.05) is 19.3 Å². The number of nitrogens with zero attached hydrogens (tertiary/aromatic N) is 2. The normalized spacial score (nSPS) is 12.6. The maximum Gasteiger partial charge on any atom is 0.243 e. The number of ether oxygens (including phenoxy) is 1. The third kappa shape index (κ3) is 2.75. The quantitative estimate of drug-likeness (QED) is 0.875. The number of methoxy groups -OCH3 is 1. The third-order valence-electron chi connectivity index (χ3n) is 2.78. The summed E-state index contributed by atoms with van der Waals surface area (Å²) in [5.74, 6) is 1.03. The molecule has 0 saturated heterocycles. The van der Waals surface area contributed by atoms with Gasteiger partial charge in [0.1, 0.15) is 0 Å². The molecule has 1 heterocycles. The standard InChI is InChI=1S/C13H17N3O2/c1-9-5-3-4-6-10(9)12-15-13(18-16-12)11(14)7-8-17-2/h3-6,11H,7-8,14H2,1-2H3. The van der Waals surface area contributed by atoms with Crippen LogP contribution in [0.1, 0.15) is 23.9 Å². The van der Waals surface area contributed by atoms with Gasteiger partial charge in [-0.25, -0.2) is 0 Å². The molecular formula is C13H17N3O2. The van der Waals surface area contributed by atoms with Crippen molar-refractivity contribution in [2.24, 2.45) is 5.73 Å². The van der Waals surface area contributed by atoms with Gasteiger partial charge in [-0.05, 0) is 18.9 Å². The fourth-order valence-electron chi connectivity index (χ4n) is 1.69. The van der Waals surface area contributed by atoms with E-state index in [-0.39, 0.29) is 6.04 Å². The van der Waals surface area contributed by atoms with E-state index in [4.69, 9.17) is 15.0 Å². The number of aryl methyl sites for hydroxylation is 1. The molecule has 0 amide bonds. The van der Waals surface area contributed by atoms with E-state index in [1.165, 1.54) is 0 Å². The van der Waals surface area contributed by atoms with Crippen LogP contribution in [-0.4, -0.2) is 23.9 Å². The third-order valence-corrected chi connectivity index (χ3v) is 2.78. The highest BCUT2D eigenvalue weighted by Crippen LogP contribution is 2.21. The van der Waals surface area contributed by atoms with Crippen LogP contribution in [0.15, 0.2) is 28.8 Å². The molecule has 1 atom stereocenters. The molecule has 0 aliphatic carbocycles. The van der Waals surface area contributed by atoms with Gasteiger partial charge >= 0.3 is 0 Å². The summed E-state index contributed by atoms with van der Waals surface area (Å²) in [5.41, 5.74) is 8.01. The van der Waals surface area contributed by atoms with Gasteiger partial charge in [0.05, 0.1) is 6.04 Å². The van der Waals surface area contributed by atoms with Crippen LogP contribution in [0.2, 0.25) is 0 Å². The van der Waals surface area contributed by atoms with Gasteiger partial charge in [0.15, 0.2) is 0 Å². The summed E-state index contributed by atoms with van der Waals surface area (Å²) in [6.07, 6.45) is 0.659. The van der Waals surface area contributed by atoms with E-state index in [0.717, 1.165) is 11.1 Å². The van der Waals surface area contributed by atoms with Crippen LogP contribution in [0.25, 0.3) is 11.4 Å². The maximum absolute atomic E-state index is 5.93.